The molecule has 112 valence electrons. The molecule has 1 atom stereocenters. The van der Waals surface area contributed by atoms with Crippen molar-refractivity contribution >= 4 is 11.6 Å². The van der Waals surface area contributed by atoms with Gasteiger partial charge in [-0.25, -0.2) is 8.78 Å². The van der Waals surface area contributed by atoms with E-state index >= 15 is 0 Å². The predicted octanol–water partition coefficient (Wildman–Crippen LogP) is 4.38. The lowest BCUT2D eigenvalue weighted by molar-refractivity contribution is 0.519. The number of likely N-dealkylation sites (N-methyl/N-ethyl adjacent to an activating group) is 1. The smallest absolute Gasteiger partial charge is 0.142 e. The fraction of sp³-hybridized carbons (Fsp3) is 0.294. The zero-order valence-corrected chi connectivity index (χ0v) is 12.6. The topological polar surface area (TPSA) is 12.0 Å². The van der Waals surface area contributed by atoms with E-state index in [0.29, 0.717) is 6.42 Å². The van der Waals surface area contributed by atoms with Gasteiger partial charge in [0.1, 0.15) is 11.6 Å². The first-order chi connectivity index (χ1) is 10.1. The van der Waals surface area contributed by atoms with Crippen molar-refractivity contribution in [3.05, 3.63) is 70.2 Å². The minimum absolute atomic E-state index is 0.125. The molecule has 1 N–H and O–H groups in total. The van der Waals surface area contributed by atoms with Gasteiger partial charge < -0.3 is 5.32 Å². The average Bonchev–Trinajstić information content (AvgIpc) is 2.46. The Morgan fingerprint density at radius 2 is 1.76 bits per heavy atom. The van der Waals surface area contributed by atoms with Crippen molar-refractivity contribution in [2.24, 2.45) is 0 Å². The van der Waals surface area contributed by atoms with Crippen LogP contribution in [0, 0.1) is 11.6 Å². The summed E-state index contributed by atoms with van der Waals surface area (Å²) in [7, 11) is 0. The van der Waals surface area contributed by atoms with Crippen LogP contribution in [0.2, 0.25) is 5.02 Å². The van der Waals surface area contributed by atoms with Crippen LogP contribution < -0.4 is 5.32 Å². The predicted molar refractivity (Wildman–Crippen MR) is 82.7 cm³/mol. The van der Waals surface area contributed by atoms with Crippen molar-refractivity contribution in [1.29, 1.82) is 0 Å². The summed E-state index contributed by atoms with van der Waals surface area (Å²) in [6.07, 6.45) is 1.36. The second-order valence-electron chi connectivity index (χ2n) is 5.00. The summed E-state index contributed by atoms with van der Waals surface area (Å²) in [4.78, 5) is 0. The van der Waals surface area contributed by atoms with Gasteiger partial charge in [0.25, 0.3) is 0 Å². The van der Waals surface area contributed by atoms with Crippen LogP contribution in [-0.4, -0.2) is 12.6 Å². The van der Waals surface area contributed by atoms with Crippen molar-refractivity contribution in [2.45, 2.75) is 25.8 Å². The molecule has 4 heteroatoms. The van der Waals surface area contributed by atoms with Gasteiger partial charge in [0.2, 0.25) is 0 Å². The zero-order chi connectivity index (χ0) is 15.2. The Morgan fingerprint density at radius 3 is 2.43 bits per heavy atom. The minimum atomic E-state index is -0.397. The Balaban J connectivity index is 2.11. The van der Waals surface area contributed by atoms with Crippen LogP contribution in [0.1, 0.15) is 18.1 Å². The standard InChI is InChI=1S/C17H18ClF2N/c1-2-21-15(10-12-6-8-14(19)9-7-12)11-13-4-3-5-16(20)17(13)18/h3-9,15,21H,2,10-11H2,1H3. The van der Waals surface area contributed by atoms with E-state index in [9.17, 15) is 8.78 Å². The van der Waals surface area contributed by atoms with Gasteiger partial charge in [-0.1, -0.05) is 42.8 Å². The Hall–Kier alpha value is -1.45. The van der Waals surface area contributed by atoms with Crippen LogP contribution in [0.4, 0.5) is 8.78 Å². The third kappa shape index (κ3) is 4.51. The van der Waals surface area contributed by atoms with Crippen LogP contribution in [-0.2, 0) is 12.8 Å². The van der Waals surface area contributed by atoms with Gasteiger partial charge in [-0.15, -0.1) is 0 Å². The lowest BCUT2D eigenvalue weighted by Gasteiger charge is -2.19. The number of benzene rings is 2. The highest BCUT2D eigenvalue weighted by Gasteiger charge is 2.13. The number of halogens is 3. The largest absolute Gasteiger partial charge is 0.314 e. The molecule has 0 aromatic heterocycles. The molecular formula is C17H18ClF2N. The molecule has 0 bridgehead atoms. The summed E-state index contributed by atoms with van der Waals surface area (Å²) in [6.45, 7) is 2.82. The molecule has 0 spiro atoms. The highest BCUT2D eigenvalue weighted by atomic mass is 35.5. The molecular weight excluding hydrogens is 292 g/mol. The number of rotatable bonds is 6. The maximum atomic E-state index is 13.5. The lowest BCUT2D eigenvalue weighted by atomic mass is 9.98. The molecule has 2 aromatic carbocycles. The van der Waals surface area contributed by atoms with E-state index in [-0.39, 0.29) is 16.9 Å². The van der Waals surface area contributed by atoms with Crippen molar-refractivity contribution < 1.29 is 8.78 Å². The molecule has 0 heterocycles. The SMILES string of the molecule is CCNC(Cc1ccc(F)cc1)Cc1cccc(F)c1Cl. The third-order valence-corrected chi connectivity index (χ3v) is 3.81. The molecule has 0 aliphatic heterocycles. The zero-order valence-electron chi connectivity index (χ0n) is 11.9. The summed E-state index contributed by atoms with van der Waals surface area (Å²) in [6, 6.07) is 11.4. The molecule has 0 amide bonds. The molecule has 0 radical (unpaired) electrons. The molecule has 0 fully saturated rings. The molecule has 0 aliphatic carbocycles. The second kappa shape index (κ2) is 7.53. The van der Waals surface area contributed by atoms with E-state index in [4.69, 9.17) is 11.6 Å². The minimum Gasteiger partial charge on any atom is -0.314 e. The van der Waals surface area contributed by atoms with Crippen molar-refractivity contribution in [3.8, 4) is 0 Å². The average molecular weight is 310 g/mol. The van der Waals surface area contributed by atoms with Gasteiger partial charge in [0.05, 0.1) is 5.02 Å². The van der Waals surface area contributed by atoms with Crippen molar-refractivity contribution in [1.82, 2.24) is 5.32 Å². The Morgan fingerprint density at radius 1 is 1.05 bits per heavy atom. The summed E-state index contributed by atoms with van der Waals surface area (Å²) in [5.41, 5.74) is 1.82. The second-order valence-corrected chi connectivity index (χ2v) is 5.38. The fourth-order valence-corrected chi connectivity index (χ4v) is 2.58. The van der Waals surface area contributed by atoms with E-state index in [1.807, 2.05) is 13.0 Å². The highest BCUT2D eigenvalue weighted by molar-refractivity contribution is 6.31. The van der Waals surface area contributed by atoms with Crippen LogP contribution in [0.25, 0.3) is 0 Å². The van der Waals surface area contributed by atoms with Gasteiger partial charge in [-0.2, -0.15) is 0 Å². The maximum Gasteiger partial charge on any atom is 0.142 e. The van der Waals surface area contributed by atoms with Gasteiger partial charge in [-0.05, 0) is 48.7 Å². The Bertz CT molecular complexity index is 584. The van der Waals surface area contributed by atoms with Crippen LogP contribution in [0.5, 0.6) is 0 Å². The molecule has 0 saturated heterocycles. The van der Waals surface area contributed by atoms with Crippen LogP contribution in [0.3, 0.4) is 0 Å². The van der Waals surface area contributed by atoms with E-state index in [0.717, 1.165) is 24.1 Å². The van der Waals surface area contributed by atoms with Gasteiger partial charge in [0, 0.05) is 6.04 Å². The molecule has 21 heavy (non-hydrogen) atoms. The summed E-state index contributed by atoms with van der Waals surface area (Å²) < 4.78 is 26.4. The van der Waals surface area contributed by atoms with Crippen molar-refractivity contribution in [3.63, 3.8) is 0 Å². The third-order valence-electron chi connectivity index (χ3n) is 3.39. The highest BCUT2D eigenvalue weighted by Crippen LogP contribution is 2.21. The summed E-state index contributed by atoms with van der Waals surface area (Å²) in [5.74, 6) is -0.641. The Kier molecular flexibility index (Phi) is 5.71. The first-order valence-corrected chi connectivity index (χ1v) is 7.38. The molecule has 1 nitrogen and oxygen atoms in total. The maximum absolute atomic E-state index is 13.5. The molecule has 2 rings (SSSR count). The van der Waals surface area contributed by atoms with Gasteiger partial charge in [-0.3, -0.25) is 0 Å². The Labute approximate surface area is 128 Å². The van der Waals surface area contributed by atoms with Gasteiger partial charge >= 0.3 is 0 Å². The van der Waals surface area contributed by atoms with E-state index < -0.39 is 5.82 Å². The quantitative estimate of drug-likeness (QED) is 0.835. The monoisotopic (exact) mass is 309 g/mol. The summed E-state index contributed by atoms with van der Waals surface area (Å²) in [5, 5.41) is 3.55. The van der Waals surface area contributed by atoms with E-state index in [1.165, 1.54) is 18.2 Å². The molecule has 2 aromatic rings. The van der Waals surface area contributed by atoms with Crippen molar-refractivity contribution in [2.75, 3.05) is 6.54 Å². The number of hydrogen-bond acceptors (Lipinski definition) is 1. The summed E-state index contributed by atoms with van der Waals surface area (Å²) >= 11 is 6.01. The van der Waals surface area contributed by atoms with Crippen LogP contribution >= 0.6 is 11.6 Å². The first kappa shape index (κ1) is 15.9. The van der Waals surface area contributed by atoms with E-state index in [1.54, 1.807) is 18.2 Å². The fourth-order valence-electron chi connectivity index (χ4n) is 2.38. The van der Waals surface area contributed by atoms with Gasteiger partial charge in [0.15, 0.2) is 0 Å². The number of hydrogen-bond donors (Lipinski definition) is 1. The molecule has 0 aliphatic rings. The van der Waals surface area contributed by atoms with Crippen LogP contribution in [0.15, 0.2) is 42.5 Å². The molecule has 1 unspecified atom stereocenters. The normalized spacial score (nSPS) is 12.4. The lowest BCUT2D eigenvalue weighted by Crippen LogP contribution is -2.33. The van der Waals surface area contributed by atoms with E-state index in [2.05, 4.69) is 5.32 Å². The molecule has 0 saturated carbocycles. The first-order valence-electron chi connectivity index (χ1n) is 7.01. The number of nitrogens with one attached hydrogen (secondary N) is 1.